The standard InChI is InChI=1S/C53H30F6N4S/c54-52(55,56)37-25-36(26-38(30-37)53(57,58)59)35-19-22-40-39-15-7-9-17-44(39)63(46(40)29-35)45-23-20-33(34-21-24-48-42(27-34)41-16-8-10-18-47(41)64-48)28-43(45)51-61-49(31-11-3-1-4-12-31)60-50(62-51)32-13-5-2-6-14-32/h1-30H. The van der Waals surface area contributed by atoms with Gasteiger partial charge in [0.05, 0.1) is 27.8 Å². The number of hydrogen-bond donors (Lipinski definition) is 0. The molecule has 64 heavy (non-hydrogen) atoms. The van der Waals surface area contributed by atoms with Crippen molar-refractivity contribution in [3.8, 4) is 62.1 Å². The van der Waals surface area contributed by atoms with E-state index in [-0.39, 0.29) is 17.2 Å². The highest BCUT2D eigenvalue weighted by Gasteiger charge is 2.37. The number of fused-ring (bicyclic) bond motifs is 6. The van der Waals surface area contributed by atoms with Crippen molar-refractivity contribution < 1.29 is 26.3 Å². The highest BCUT2D eigenvalue weighted by Crippen LogP contribution is 2.43. The molecule has 0 N–H and O–H groups in total. The molecule has 0 radical (unpaired) electrons. The minimum atomic E-state index is -5.01. The zero-order chi connectivity index (χ0) is 43.7. The fourth-order valence-electron chi connectivity index (χ4n) is 8.46. The lowest BCUT2D eigenvalue weighted by Gasteiger charge is -2.17. The Labute approximate surface area is 365 Å². The van der Waals surface area contributed by atoms with Crippen molar-refractivity contribution in [2.45, 2.75) is 12.4 Å². The summed E-state index contributed by atoms with van der Waals surface area (Å²) in [4.78, 5) is 15.2. The maximum Gasteiger partial charge on any atom is 0.416 e. The molecule has 11 rings (SSSR count). The van der Waals surface area contributed by atoms with Crippen LogP contribution in [0.3, 0.4) is 0 Å². The third-order valence-electron chi connectivity index (χ3n) is 11.5. The van der Waals surface area contributed by atoms with Crippen molar-refractivity contribution in [3.05, 3.63) is 193 Å². The molecule has 0 aliphatic heterocycles. The summed E-state index contributed by atoms with van der Waals surface area (Å²) in [5.41, 5.74) is 3.16. The average molecular weight is 869 g/mol. The minimum Gasteiger partial charge on any atom is -0.308 e. The van der Waals surface area contributed by atoms with Gasteiger partial charge in [0.1, 0.15) is 0 Å². The van der Waals surface area contributed by atoms with Crippen LogP contribution in [-0.2, 0) is 12.4 Å². The molecular formula is C53H30F6N4S. The second-order valence-corrected chi connectivity index (χ2v) is 16.5. The van der Waals surface area contributed by atoms with Crippen molar-refractivity contribution in [2.75, 3.05) is 0 Å². The van der Waals surface area contributed by atoms with Crippen molar-refractivity contribution in [3.63, 3.8) is 0 Å². The molecule has 0 aliphatic carbocycles. The van der Waals surface area contributed by atoms with Crippen LogP contribution in [0.25, 0.3) is 104 Å². The zero-order valence-electron chi connectivity index (χ0n) is 33.3. The topological polar surface area (TPSA) is 43.6 Å². The molecule has 11 aromatic rings. The number of thiophene rings is 1. The lowest BCUT2D eigenvalue weighted by atomic mass is 9.98. The largest absolute Gasteiger partial charge is 0.416 e. The van der Waals surface area contributed by atoms with Crippen LogP contribution in [0.15, 0.2) is 182 Å². The molecule has 0 unspecified atom stereocenters. The van der Waals surface area contributed by atoms with Gasteiger partial charge in [-0.3, -0.25) is 0 Å². The molecule has 0 saturated carbocycles. The van der Waals surface area contributed by atoms with Crippen LogP contribution in [0.1, 0.15) is 11.1 Å². The first-order valence-electron chi connectivity index (χ1n) is 20.2. The Balaban J connectivity index is 1.20. The first-order chi connectivity index (χ1) is 31.0. The Hall–Kier alpha value is -7.63. The highest BCUT2D eigenvalue weighted by molar-refractivity contribution is 7.25. The second kappa shape index (κ2) is 15.0. The van der Waals surface area contributed by atoms with Crippen LogP contribution >= 0.6 is 11.3 Å². The van der Waals surface area contributed by atoms with E-state index in [1.54, 1.807) is 29.5 Å². The normalized spacial score (nSPS) is 12.2. The van der Waals surface area contributed by atoms with Gasteiger partial charge < -0.3 is 4.57 Å². The van der Waals surface area contributed by atoms with Crippen LogP contribution in [-0.4, -0.2) is 19.5 Å². The van der Waals surface area contributed by atoms with Crippen molar-refractivity contribution in [1.29, 1.82) is 0 Å². The third kappa shape index (κ3) is 6.94. The van der Waals surface area contributed by atoms with E-state index in [1.807, 2.05) is 120 Å². The SMILES string of the molecule is FC(F)(F)c1cc(-c2ccc3c4ccccc4n(-c4ccc(-c5ccc6sc7ccccc7c6c5)cc4-c4nc(-c5ccccc5)nc(-c5ccccc5)n4)c3c2)cc(C(F)(F)F)c1. The molecule has 0 aliphatic rings. The summed E-state index contributed by atoms with van der Waals surface area (Å²) in [6.07, 6.45) is -10.0. The minimum absolute atomic E-state index is 0.146. The van der Waals surface area contributed by atoms with Gasteiger partial charge in [-0.2, -0.15) is 26.3 Å². The lowest BCUT2D eigenvalue weighted by molar-refractivity contribution is -0.143. The van der Waals surface area contributed by atoms with E-state index in [9.17, 15) is 26.3 Å². The Morgan fingerprint density at radius 1 is 0.359 bits per heavy atom. The number of para-hydroxylation sites is 1. The highest BCUT2D eigenvalue weighted by atomic mass is 32.1. The van der Waals surface area contributed by atoms with Crippen LogP contribution in [0.2, 0.25) is 0 Å². The van der Waals surface area contributed by atoms with Crippen molar-refractivity contribution >= 4 is 53.3 Å². The molecule has 0 amide bonds. The zero-order valence-corrected chi connectivity index (χ0v) is 34.1. The van der Waals surface area contributed by atoms with E-state index in [1.165, 1.54) is 4.70 Å². The molecule has 11 heteroatoms. The molecule has 3 heterocycles. The molecule has 310 valence electrons. The first kappa shape index (κ1) is 39.2. The maximum absolute atomic E-state index is 14.1. The number of halogens is 6. The first-order valence-corrected chi connectivity index (χ1v) is 21.0. The quantitative estimate of drug-likeness (QED) is 0.156. The Bertz CT molecular complexity index is 3500. The number of benzene rings is 8. The predicted octanol–water partition coefficient (Wildman–Crippen LogP) is 15.7. The maximum atomic E-state index is 14.1. The summed E-state index contributed by atoms with van der Waals surface area (Å²) in [7, 11) is 0. The predicted molar refractivity (Wildman–Crippen MR) is 244 cm³/mol. The summed E-state index contributed by atoms with van der Waals surface area (Å²) in [5, 5.41) is 3.86. The Morgan fingerprint density at radius 3 is 1.55 bits per heavy atom. The lowest BCUT2D eigenvalue weighted by Crippen LogP contribution is -2.11. The van der Waals surface area contributed by atoms with Crippen LogP contribution in [0.4, 0.5) is 26.3 Å². The number of hydrogen-bond acceptors (Lipinski definition) is 4. The Morgan fingerprint density at radius 2 is 0.875 bits per heavy atom. The van der Waals surface area contributed by atoms with Gasteiger partial charge in [0.25, 0.3) is 0 Å². The van der Waals surface area contributed by atoms with Gasteiger partial charge in [-0.15, -0.1) is 11.3 Å². The van der Waals surface area contributed by atoms with Crippen molar-refractivity contribution in [2.24, 2.45) is 0 Å². The van der Waals surface area contributed by atoms with Gasteiger partial charge in [0.2, 0.25) is 0 Å². The van der Waals surface area contributed by atoms with Gasteiger partial charge in [0, 0.05) is 47.6 Å². The Kier molecular flexibility index (Phi) is 9.21. The molecule has 0 fully saturated rings. The van der Waals surface area contributed by atoms with E-state index in [4.69, 9.17) is 15.0 Å². The van der Waals surface area contributed by atoms with Crippen LogP contribution in [0.5, 0.6) is 0 Å². The molecule has 0 bridgehead atoms. The smallest absolute Gasteiger partial charge is 0.308 e. The molecule has 8 aromatic carbocycles. The summed E-state index contributed by atoms with van der Waals surface area (Å²) < 4.78 is 89.0. The summed E-state index contributed by atoms with van der Waals surface area (Å²) in [6, 6.07) is 54.2. The molecule has 3 aromatic heterocycles. The van der Waals surface area contributed by atoms with E-state index < -0.39 is 23.5 Å². The second-order valence-electron chi connectivity index (χ2n) is 15.5. The van der Waals surface area contributed by atoms with Crippen LogP contribution < -0.4 is 0 Å². The fourth-order valence-corrected chi connectivity index (χ4v) is 9.54. The number of nitrogens with zero attached hydrogens (tertiary/aromatic N) is 4. The number of rotatable bonds is 6. The molecule has 0 spiro atoms. The number of aromatic nitrogens is 4. The third-order valence-corrected chi connectivity index (χ3v) is 12.6. The average Bonchev–Trinajstić information content (AvgIpc) is 3.86. The van der Waals surface area contributed by atoms with E-state index in [0.29, 0.717) is 34.2 Å². The number of alkyl halides is 6. The monoisotopic (exact) mass is 868 g/mol. The van der Waals surface area contributed by atoms with Gasteiger partial charge >= 0.3 is 12.4 Å². The van der Waals surface area contributed by atoms with Gasteiger partial charge in [0.15, 0.2) is 17.5 Å². The summed E-state index contributed by atoms with van der Waals surface area (Å²) in [5.74, 6) is 1.25. The van der Waals surface area contributed by atoms with E-state index in [2.05, 4.69) is 30.3 Å². The molecule has 0 saturated heterocycles. The van der Waals surface area contributed by atoms with E-state index in [0.717, 1.165) is 66.1 Å². The van der Waals surface area contributed by atoms with Gasteiger partial charge in [-0.1, -0.05) is 121 Å². The van der Waals surface area contributed by atoms with Crippen molar-refractivity contribution in [1.82, 2.24) is 19.5 Å². The fraction of sp³-hybridized carbons (Fsp3) is 0.0377. The molecule has 0 atom stereocenters. The van der Waals surface area contributed by atoms with E-state index >= 15 is 0 Å². The summed E-state index contributed by atoms with van der Waals surface area (Å²) in [6.45, 7) is 0. The van der Waals surface area contributed by atoms with Gasteiger partial charge in [-0.05, 0) is 82.9 Å². The molecular weight excluding hydrogens is 839 g/mol. The van der Waals surface area contributed by atoms with Gasteiger partial charge in [-0.25, -0.2) is 15.0 Å². The summed E-state index contributed by atoms with van der Waals surface area (Å²) >= 11 is 1.73. The molecule has 4 nitrogen and oxygen atoms in total. The van der Waals surface area contributed by atoms with Crippen LogP contribution in [0, 0.1) is 0 Å².